The molecule has 0 aromatic rings. The fraction of sp³-hybridized carbons (Fsp3) is 0.429. The highest BCUT2D eigenvalue weighted by Gasteiger charge is 2.10. The zero-order valence-electron chi connectivity index (χ0n) is 5.20. The van der Waals surface area contributed by atoms with Gasteiger partial charge in [0, 0.05) is 6.42 Å². The fourth-order valence-electron chi connectivity index (χ4n) is 0.885. The van der Waals surface area contributed by atoms with Gasteiger partial charge in [-0.15, -0.1) is 0 Å². The lowest BCUT2D eigenvalue weighted by molar-refractivity contribution is 0.367. The van der Waals surface area contributed by atoms with Crippen LogP contribution in [0.15, 0.2) is 23.6 Å². The van der Waals surface area contributed by atoms with Gasteiger partial charge in [-0.25, -0.2) is 8.78 Å². The van der Waals surface area contributed by atoms with E-state index in [0.29, 0.717) is 5.57 Å². The molecule has 0 N–H and O–H groups in total. The van der Waals surface area contributed by atoms with E-state index in [9.17, 15) is 8.78 Å². The van der Waals surface area contributed by atoms with Crippen LogP contribution in [-0.4, -0.2) is 6.17 Å². The number of allylic oxidation sites excluding steroid dienone is 4. The summed E-state index contributed by atoms with van der Waals surface area (Å²) in [5.41, 5.74) is 0.672. The van der Waals surface area contributed by atoms with Crippen molar-refractivity contribution in [2.24, 2.45) is 0 Å². The van der Waals surface area contributed by atoms with Crippen molar-refractivity contribution in [3.8, 4) is 0 Å². The van der Waals surface area contributed by atoms with E-state index in [4.69, 9.17) is 0 Å². The van der Waals surface area contributed by atoms with E-state index in [-0.39, 0.29) is 12.2 Å². The Morgan fingerprint density at radius 3 is 2.78 bits per heavy atom. The van der Waals surface area contributed by atoms with Crippen LogP contribution in [0.1, 0.15) is 13.3 Å². The number of hydrogen-bond acceptors (Lipinski definition) is 0. The van der Waals surface area contributed by atoms with Crippen LogP contribution in [0.5, 0.6) is 0 Å². The van der Waals surface area contributed by atoms with Crippen molar-refractivity contribution < 1.29 is 8.78 Å². The molecule has 2 heteroatoms. The average Bonchev–Trinajstić information content (AvgIpc) is 1.59. The molecule has 0 radical (unpaired) electrons. The lowest BCUT2D eigenvalue weighted by Crippen LogP contribution is -2.00. The van der Waals surface area contributed by atoms with Crippen LogP contribution in [0.4, 0.5) is 8.78 Å². The third kappa shape index (κ3) is 1.63. The van der Waals surface area contributed by atoms with Gasteiger partial charge in [-0.3, -0.25) is 0 Å². The predicted molar refractivity (Wildman–Crippen MR) is 32.5 cm³/mol. The van der Waals surface area contributed by atoms with Gasteiger partial charge in [0.15, 0.2) is 0 Å². The molecule has 0 aliphatic heterocycles. The monoisotopic (exact) mass is 130 g/mol. The summed E-state index contributed by atoms with van der Waals surface area (Å²) in [6.07, 6.45) is 1.58. The highest BCUT2D eigenvalue weighted by molar-refractivity contribution is 5.25. The Bertz CT molecular complexity index is 168. The van der Waals surface area contributed by atoms with Crippen molar-refractivity contribution in [1.29, 1.82) is 0 Å². The van der Waals surface area contributed by atoms with Gasteiger partial charge in [0.2, 0.25) is 0 Å². The molecule has 0 bridgehead atoms. The molecule has 1 unspecified atom stereocenters. The van der Waals surface area contributed by atoms with Crippen LogP contribution in [0.3, 0.4) is 0 Å². The van der Waals surface area contributed by atoms with Gasteiger partial charge in [0.05, 0.1) is 0 Å². The molecule has 0 spiro atoms. The molecule has 0 saturated heterocycles. The first-order valence-corrected chi connectivity index (χ1v) is 2.87. The summed E-state index contributed by atoms with van der Waals surface area (Å²) < 4.78 is 24.6. The zero-order chi connectivity index (χ0) is 6.85. The summed E-state index contributed by atoms with van der Waals surface area (Å²) in [4.78, 5) is 0. The van der Waals surface area contributed by atoms with Gasteiger partial charge in [-0.05, 0) is 24.6 Å². The molecule has 0 fully saturated rings. The summed E-state index contributed by atoms with van der Waals surface area (Å²) in [7, 11) is 0. The predicted octanol–water partition coefficient (Wildman–Crippen LogP) is 2.53. The number of hydrogen-bond donors (Lipinski definition) is 0. The molecule has 1 atom stereocenters. The summed E-state index contributed by atoms with van der Waals surface area (Å²) in [5.74, 6) is -0.359. The molecule has 0 heterocycles. The van der Waals surface area contributed by atoms with Gasteiger partial charge in [-0.2, -0.15) is 0 Å². The first-order valence-electron chi connectivity index (χ1n) is 2.87. The topological polar surface area (TPSA) is 0 Å². The third-order valence-electron chi connectivity index (χ3n) is 1.22. The molecule has 1 aliphatic carbocycles. The average molecular weight is 130 g/mol. The third-order valence-corrected chi connectivity index (χ3v) is 1.22. The molecule has 0 nitrogen and oxygen atoms in total. The standard InChI is InChI=1S/C7H8F2/c1-5-2-6(8)4-7(9)3-5/h2-3,6H,4H2,1H3. The van der Waals surface area contributed by atoms with Crippen molar-refractivity contribution >= 4 is 0 Å². The van der Waals surface area contributed by atoms with Gasteiger partial charge in [0.1, 0.15) is 12.0 Å². The molecule has 0 saturated carbocycles. The highest BCUT2D eigenvalue weighted by atomic mass is 19.1. The van der Waals surface area contributed by atoms with E-state index in [1.807, 2.05) is 0 Å². The van der Waals surface area contributed by atoms with Crippen LogP contribution in [0, 0.1) is 0 Å². The maximum absolute atomic E-state index is 12.3. The highest BCUT2D eigenvalue weighted by Crippen LogP contribution is 2.19. The first kappa shape index (κ1) is 6.46. The summed E-state index contributed by atoms with van der Waals surface area (Å²) in [5, 5.41) is 0. The van der Waals surface area contributed by atoms with E-state index in [2.05, 4.69) is 0 Å². The second-order valence-corrected chi connectivity index (χ2v) is 2.22. The largest absolute Gasteiger partial charge is 0.242 e. The molecular weight excluding hydrogens is 122 g/mol. The molecule has 0 aromatic heterocycles. The van der Waals surface area contributed by atoms with E-state index in [0.717, 1.165) is 0 Å². The van der Waals surface area contributed by atoms with Gasteiger partial charge in [0.25, 0.3) is 0 Å². The van der Waals surface area contributed by atoms with Crippen molar-refractivity contribution in [1.82, 2.24) is 0 Å². The number of halogens is 2. The van der Waals surface area contributed by atoms with Gasteiger partial charge in [-0.1, -0.05) is 0 Å². The lowest BCUT2D eigenvalue weighted by atomic mass is 10.1. The van der Waals surface area contributed by atoms with Gasteiger partial charge >= 0.3 is 0 Å². The second kappa shape index (κ2) is 2.29. The van der Waals surface area contributed by atoms with E-state index in [1.165, 1.54) is 12.2 Å². The minimum atomic E-state index is -1.12. The van der Waals surface area contributed by atoms with Crippen LogP contribution >= 0.6 is 0 Å². The summed E-state index contributed by atoms with van der Waals surface area (Å²) in [6.45, 7) is 1.69. The zero-order valence-corrected chi connectivity index (χ0v) is 5.20. The lowest BCUT2D eigenvalue weighted by Gasteiger charge is -2.07. The Hall–Kier alpha value is -0.660. The van der Waals surface area contributed by atoms with E-state index in [1.54, 1.807) is 6.92 Å². The van der Waals surface area contributed by atoms with Crippen molar-refractivity contribution in [3.05, 3.63) is 23.6 Å². The van der Waals surface area contributed by atoms with Crippen LogP contribution in [0.25, 0.3) is 0 Å². The minimum absolute atomic E-state index is 0.0860. The maximum atomic E-state index is 12.3. The van der Waals surface area contributed by atoms with Crippen molar-refractivity contribution in [2.45, 2.75) is 19.5 Å². The first-order chi connectivity index (χ1) is 4.18. The Morgan fingerprint density at radius 2 is 2.33 bits per heavy atom. The van der Waals surface area contributed by atoms with Gasteiger partial charge < -0.3 is 0 Å². The molecule has 50 valence electrons. The van der Waals surface area contributed by atoms with Crippen LogP contribution in [-0.2, 0) is 0 Å². The maximum Gasteiger partial charge on any atom is 0.125 e. The number of alkyl halides is 1. The molecule has 9 heavy (non-hydrogen) atoms. The van der Waals surface area contributed by atoms with Crippen molar-refractivity contribution in [3.63, 3.8) is 0 Å². The second-order valence-electron chi connectivity index (χ2n) is 2.22. The van der Waals surface area contributed by atoms with E-state index < -0.39 is 6.17 Å². The van der Waals surface area contributed by atoms with Crippen LogP contribution < -0.4 is 0 Å². The minimum Gasteiger partial charge on any atom is -0.242 e. The smallest absolute Gasteiger partial charge is 0.125 e. The Labute approximate surface area is 52.9 Å². The quantitative estimate of drug-likeness (QED) is 0.472. The Morgan fingerprint density at radius 1 is 1.67 bits per heavy atom. The number of rotatable bonds is 0. The molecule has 0 amide bonds. The van der Waals surface area contributed by atoms with Crippen LogP contribution in [0.2, 0.25) is 0 Å². The molecule has 1 rings (SSSR count). The Balaban J connectivity index is 2.74. The van der Waals surface area contributed by atoms with Crippen molar-refractivity contribution in [2.75, 3.05) is 0 Å². The fourth-order valence-corrected chi connectivity index (χ4v) is 0.885. The van der Waals surface area contributed by atoms with E-state index >= 15 is 0 Å². The summed E-state index contributed by atoms with van der Waals surface area (Å²) in [6, 6.07) is 0. The molecular formula is C7H8F2. The molecule has 1 aliphatic rings. The normalized spacial score (nSPS) is 27.2. The SMILES string of the molecule is CC1=CC(F)CC(F)=C1. The molecule has 0 aromatic carbocycles. The summed E-state index contributed by atoms with van der Waals surface area (Å²) >= 11 is 0. The Kier molecular flexibility index (Phi) is 1.65.